The summed E-state index contributed by atoms with van der Waals surface area (Å²) >= 11 is 0. The molecule has 3 aromatic carbocycles. The number of rotatable bonds is 9. The number of halogens is 1. The average Bonchev–Trinajstić information content (AvgIpc) is 4.17. The largest absolute Gasteiger partial charge is 0.361 e. The minimum absolute atomic E-state index is 0.0178. The smallest absolute Gasteiger partial charge is 0.227 e. The van der Waals surface area contributed by atoms with Gasteiger partial charge in [0.25, 0.3) is 0 Å². The lowest BCUT2D eigenvalue weighted by atomic mass is 10.0. The number of aromatic nitrogens is 6. The molecule has 1 N–H and O–H groups in total. The van der Waals surface area contributed by atoms with E-state index in [0.717, 1.165) is 72.9 Å². The van der Waals surface area contributed by atoms with Crippen molar-refractivity contribution in [3.63, 3.8) is 0 Å². The van der Waals surface area contributed by atoms with Gasteiger partial charge in [0.2, 0.25) is 31.9 Å². The van der Waals surface area contributed by atoms with E-state index in [1.807, 2.05) is 71.0 Å². The quantitative estimate of drug-likeness (QED) is 0.151. The third-order valence-electron chi connectivity index (χ3n) is 14.2. The van der Waals surface area contributed by atoms with Crippen LogP contribution in [0.1, 0.15) is 103 Å². The number of fused-ring (bicyclic) bond motifs is 2. The fourth-order valence-electron chi connectivity index (χ4n) is 10.9. The predicted octanol–water partition coefficient (Wildman–Crippen LogP) is 7.30. The molecule has 2 amide bonds. The Kier molecular flexibility index (Phi) is 12.1. The zero-order valence-corrected chi connectivity index (χ0v) is 41.7. The van der Waals surface area contributed by atoms with Crippen LogP contribution in [0.25, 0.3) is 44.3 Å². The molecule has 0 radical (unpaired) electrons. The minimum atomic E-state index is -3.35. The highest BCUT2D eigenvalue weighted by atomic mass is 32.2. The second-order valence-corrected chi connectivity index (χ2v) is 23.0. The first kappa shape index (κ1) is 47.4. The van der Waals surface area contributed by atoms with E-state index in [1.165, 1.54) is 33.3 Å². The Morgan fingerprint density at radius 1 is 0.657 bits per heavy atom. The standard InChI is InChI=1S/C28H30FN5O4S.C21H25N5O4S/c1-16-5-7-20(29)14-25(16)34-24(9-10-26(34)35)28-30-22-13-19(27-17(2)31-38-18(27)3)6-8-23(22)33(28)21-11-12-32(15-21)39(4,36)37;1-12-20(13(2)30-24-12)14-4-6-18-17(10-14)23-21(16-5-7-19(27)22-16)26(18)15-8-9-25(11-15)31(3,28)29/h5-8,13-14,21,24H,9-12,15H2,1-4H3;4,6,10,15-16H,5,7-9,11H2,1-3H3,(H,22,27)/t21-,24+;15-,16+/m11/s1. The third kappa shape index (κ3) is 8.59. The monoisotopic (exact) mass is 994 g/mol. The number of hydrogen-bond donors (Lipinski definition) is 1. The van der Waals surface area contributed by atoms with Crippen LogP contribution in [0.2, 0.25) is 0 Å². The van der Waals surface area contributed by atoms with Gasteiger partial charge >= 0.3 is 0 Å². The maximum atomic E-state index is 14.3. The Labute approximate surface area is 404 Å². The molecule has 11 rings (SSSR count). The number of anilines is 1. The fraction of sp³-hybridized carbons (Fsp3) is 0.429. The number of hydrogen-bond acceptors (Lipinski definition) is 12. The molecule has 4 aliphatic rings. The van der Waals surface area contributed by atoms with E-state index in [9.17, 15) is 30.8 Å². The van der Waals surface area contributed by atoms with Crippen molar-refractivity contribution in [3.05, 3.63) is 101 Å². The van der Waals surface area contributed by atoms with Crippen LogP contribution < -0.4 is 10.2 Å². The van der Waals surface area contributed by atoms with E-state index in [0.29, 0.717) is 82.0 Å². The van der Waals surface area contributed by atoms with Crippen LogP contribution in [0.15, 0.2) is 63.6 Å². The number of nitrogens with one attached hydrogen (secondary N) is 1. The number of benzene rings is 3. The molecule has 4 aliphatic heterocycles. The van der Waals surface area contributed by atoms with Gasteiger partial charge in [0.15, 0.2) is 0 Å². The van der Waals surface area contributed by atoms with Gasteiger partial charge in [-0.3, -0.25) is 9.59 Å². The molecular formula is C49H55FN10O8S2. The van der Waals surface area contributed by atoms with E-state index in [1.54, 1.807) is 11.0 Å². The van der Waals surface area contributed by atoms with Gasteiger partial charge in [-0.2, -0.15) is 0 Å². The molecule has 4 saturated heterocycles. The molecule has 4 atom stereocenters. The van der Waals surface area contributed by atoms with E-state index in [2.05, 4.69) is 24.8 Å². The average molecular weight is 995 g/mol. The fourth-order valence-corrected chi connectivity index (χ4v) is 12.7. The van der Waals surface area contributed by atoms with Crippen LogP contribution in [-0.2, 0) is 29.6 Å². The summed E-state index contributed by atoms with van der Waals surface area (Å²) in [6, 6.07) is 15.7. The molecule has 368 valence electrons. The number of carbonyl (C=O) groups is 2. The molecule has 0 saturated carbocycles. The summed E-state index contributed by atoms with van der Waals surface area (Å²) in [7, 11) is -6.61. The zero-order chi connectivity index (χ0) is 49.6. The number of carbonyl (C=O) groups excluding carboxylic acids is 2. The van der Waals surface area contributed by atoms with E-state index in [-0.39, 0.29) is 29.9 Å². The van der Waals surface area contributed by atoms with Crippen LogP contribution in [-0.4, -0.2) is 105 Å². The molecule has 0 unspecified atom stereocenters. The Morgan fingerprint density at radius 3 is 1.66 bits per heavy atom. The predicted molar refractivity (Wildman–Crippen MR) is 260 cm³/mol. The molecule has 18 nitrogen and oxygen atoms in total. The topological polar surface area (TPSA) is 212 Å². The van der Waals surface area contributed by atoms with Crippen molar-refractivity contribution in [2.24, 2.45) is 0 Å². The van der Waals surface area contributed by atoms with Crippen molar-refractivity contribution >= 4 is 59.6 Å². The van der Waals surface area contributed by atoms with E-state index < -0.39 is 31.9 Å². The van der Waals surface area contributed by atoms with E-state index in [4.69, 9.17) is 19.0 Å². The van der Waals surface area contributed by atoms with Gasteiger partial charge < -0.3 is 28.4 Å². The highest BCUT2D eigenvalue weighted by molar-refractivity contribution is 7.88. The molecule has 0 spiro atoms. The van der Waals surface area contributed by atoms with Crippen molar-refractivity contribution in [1.82, 2.24) is 43.3 Å². The maximum Gasteiger partial charge on any atom is 0.227 e. The van der Waals surface area contributed by atoms with Gasteiger partial charge in [0.1, 0.15) is 29.0 Å². The normalized spacial score (nSPS) is 21.4. The summed E-state index contributed by atoms with van der Waals surface area (Å²) in [5, 5.41) is 11.2. The molecule has 4 fully saturated rings. The third-order valence-corrected chi connectivity index (χ3v) is 16.8. The van der Waals surface area contributed by atoms with E-state index >= 15 is 0 Å². The highest BCUT2D eigenvalue weighted by Crippen LogP contribution is 2.43. The molecule has 0 aliphatic carbocycles. The number of imidazole rings is 2. The Bertz CT molecular complexity index is 3430. The van der Waals surface area contributed by atoms with Crippen molar-refractivity contribution in [2.75, 3.05) is 43.6 Å². The first-order valence-electron chi connectivity index (χ1n) is 23.4. The van der Waals surface area contributed by atoms with Gasteiger partial charge in [0.05, 0.1) is 75.8 Å². The van der Waals surface area contributed by atoms with Crippen molar-refractivity contribution in [1.29, 1.82) is 0 Å². The molecule has 21 heteroatoms. The van der Waals surface area contributed by atoms with Crippen LogP contribution in [0.3, 0.4) is 0 Å². The molecule has 4 aromatic heterocycles. The van der Waals surface area contributed by atoms with Gasteiger partial charge in [-0.25, -0.2) is 39.8 Å². The maximum absolute atomic E-state index is 14.3. The van der Waals surface area contributed by atoms with Crippen LogP contribution in [0.5, 0.6) is 0 Å². The van der Waals surface area contributed by atoms with Gasteiger partial charge in [-0.15, -0.1) is 0 Å². The van der Waals surface area contributed by atoms with Gasteiger partial charge in [-0.05, 0) is 113 Å². The summed E-state index contributed by atoms with van der Waals surface area (Å²) in [6.45, 7) is 11.0. The van der Waals surface area contributed by atoms with Gasteiger partial charge in [-0.1, -0.05) is 28.5 Å². The number of aryl methyl sites for hydroxylation is 5. The number of sulfonamides is 2. The second-order valence-electron chi connectivity index (χ2n) is 19.0. The summed E-state index contributed by atoms with van der Waals surface area (Å²) < 4.78 is 81.1. The minimum Gasteiger partial charge on any atom is -0.361 e. The van der Waals surface area contributed by atoms with Crippen LogP contribution in [0.4, 0.5) is 10.1 Å². The SMILES string of the molecule is Cc1ccc(F)cc1N1C(=O)CC[C@H]1c1nc2cc(-c3c(C)noc3C)ccc2n1[C@@H]1CCN(S(C)(=O)=O)C1.Cc1noc(C)c1-c1ccc2c(c1)nc([C@@H]1CCC(=O)N1)n2[C@@H]1CCN(S(C)(=O)=O)C1. The summed E-state index contributed by atoms with van der Waals surface area (Å²) in [5.41, 5.74) is 10.0. The molecule has 8 heterocycles. The van der Waals surface area contributed by atoms with Crippen LogP contribution in [0, 0.1) is 40.4 Å². The number of nitrogens with zero attached hydrogens (tertiary/aromatic N) is 9. The van der Waals surface area contributed by atoms with Gasteiger partial charge in [0, 0.05) is 50.1 Å². The molecular weight excluding hydrogens is 940 g/mol. The summed E-state index contributed by atoms with van der Waals surface area (Å²) in [6.07, 6.45) is 5.79. The first-order valence-corrected chi connectivity index (χ1v) is 27.1. The Balaban J connectivity index is 0.000000166. The molecule has 70 heavy (non-hydrogen) atoms. The van der Waals surface area contributed by atoms with Crippen molar-refractivity contribution < 1.29 is 39.9 Å². The number of amides is 2. The second kappa shape index (κ2) is 17.8. The Hall–Kier alpha value is -6.29. The zero-order valence-electron chi connectivity index (χ0n) is 40.1. The lowest BCUT2D eigenvalue weighted by Crippen LogP contribution is -2.31. The molecule has 0 bridgehead atoms. The van der Waals surface area contributed by atoms with Crippen molar-refractivity contribution in [2.45, 2.75) is 97.3 Å². The van der Waals surface area contributed by atoms with Crippen molar-refractivity contribution in [3.8, 4) is 22.3 Å². The summed E-state index contributed by atoms with van der Waals surface area (Å²) in [4.78, 5) is 36.7. The lowest BCUT2D eigenvalue weighted by Gasteiger charge is -2.28. The first-order chi connectivity index (χ1) is 33.2. The molecule has 7 aromatic rings. The summed E-state index contributed by atoms with van der Waals surface area (Å²) in [5.74, 6) is 2.44. The Morgan fingerprint density at radius 2 is 1.19 bits per heavy atom. The lowest BCUT2D eigenvalue weighted by molar-refractivity contribution is -0.119. The highest BCUT2D eigenvalue weighted by Gasteiger charge is 2.41. The van der Waals surface area contributed by atoms with Crippen LogP contribution >= 0.6 is 0 Å².